The number of amides is 1. The van der Waals surface area contributed by atoms with Gasteiger partial charge in [-0.3, -0.25) is 14.6 Å². The molecule has 0 saturated heterocycles. The predicted octanol–water partition coefficient (Wildman–Crippen LogP) is 7.92. The van der Waals surface area contributed by atoms with Crippen molar-refractivity contribution in [2.75, 3.05) is 5.32 Å². The number of ketones is 1. The fourth-order valence-electron chi connectivity index (χ4n) is 3.68. The molecular formula is C23H12Cl6F2N2O2. The number of carbonyl (C=O) groups is 2. The quantitative estimate of drug-likeness (QED) is 0.178. The van der Waals surface area contributed by atoms with Crippen LogP contribution in [0.5, 0.6) is 0 Å². The van der Waals surface area contributed by atoms with Crippen LogP contribution in [0, 0.1) is 17.6 Å². The molecule has 1 aromatic heterocycles. The van der Waals surface area contributed by atoms with E-state index in [1.807, 2.05) is 0 Å². The fourth-order valence-corrected chi connectivity index (χ4v) is 5.34. The molecule has 2 atom stereocenters. The molecule has 2 aromatic carbocycles. The third-order valence-electron chi connectivity index (χ3n) is 5.45. The molecule has 1 saturated carbocycles. The van der Waals surface area contributed by atoms with Gasteiger partial charge in [-0.2, -0.15) is 0 Å². The van der Waals surface area contributed by atoms with E-state index < -0.39 is 45.9 Å². The normalized spacial score (nSPS) is 18.3. The number of hydrogen-bond donors (Lipinski definition) is 1. The third-order valence-corrected chi connectivity index (χ3v) is 7.91. The number of pyridine rings is 1. The maximum absolute atomic E-state index is 13.9. The molecule has 1 amide bonds. The van der Waals surface area contributed by atoms with Crippen LogP contribution in [0.3, 0.4) is 0 Å². The first-order chi connectivity index (χ1) is 16.4. The Morgan fingerprint density at radius 3 is 2.26 bits per heavy atom. The molecule has 35 heavy (non-hydrogen) atoms. The molecule has 1 N–H and O–H groups in total. The van der Waals surface area contributed by atoms with Crippen molar-refractivity contribution in [1.82, 2.24) is 4.98 Å². The number of aromatic nitrogens is 1. The van der Waals surface area contributed by atoms with Crippen LogP contribution in [0.25, 0.3) is 0 Å². The monoisotopic (exact) mass is 596 g/mol. The van der Waals surface area contributed by atoms with E-state index in [-0.39, 0.29) is 37.0 Å². The predicted molar refractivity (Wildman–Crippen MR) is 134 cm³/mol. The molecule has 1 aliphatic carbocycles. The molecule has 0 radical (unpaired) electrons. The summed E-state index contributed by atoms with van der Waals surface area (Å²) in [5.74, 6) is -4.39. The second-order valence-corrected chi connectivity index (χ2v) is 10.8. The Hall–Kier alpha value is -1.67. The summed E-state index contributed by atoms with van der Waals surface area (Å²) >= 11 is 37.0. The van der Waals surface area contributed by atoms with Crippen LogP contribution in [-0.4, -0.2) is 21.0 Å². The summed E-state index contributed by atoms with van der Waals surface area (Å²) in [6.45, 7) is 0. The number of anilines is 1. The number of nitrogens with zero attached hydrogens (tertiary/aromatic N) is 1. The highest BCUT2D eigenvalue weighted by molar-refractivity contribution is 6.54. The third kappa shape index (κ3) is 5.38. The summed E-state index contributed by atoms with van der Waals surface area (Å²) in [5.41, 5.74) is 0.547. The van der Waals surface area contributed by atoms with Gasteiger partial charge in [0.05, 0.1) is 44.3 Å². The molecule has 1 heterocycles. The summed E-state index contributed by atoms with van der Waals surface area (Å²) in [6.07, 6.45) is 0.347. The highest BCUT2D eigenvalue weighted by atomic mass is 35.5. The molecular weight excluding hydrogens is 587 g/mol. The highest BCUT2D eigenvalue weighted by Gasteiger charge is 2.67. The largest absolute Gasteiger partial charge is 0.326 e. The van der Waals surface area contributed by atoms with Gasteiger partial charge in [0.25, 0.3) is 0 Å². The van der Waals surface area contributed by atoms with E-state index in [4.69, 9.17) is 69.6 Å². The Morgan fingerprint density at radius 2 is 1.63 bits per heavy atom. The van der Waals surface area contributed by atoms with Crippen molar-refractivity contribution in [3.63, 3.8) is 0 Å². The van der Waals surface area contributed by atoms with E-state index in [0.29, 0.717) is 11.6 Å². The number of benzene rings is 2. The second-order valence-electron chi connectivity index (χ2n) is 7.79. The van der Waals surface area contributed by atoms with Crippen LogP contribution >= 0.6 is 69.6 Å². The molecule has 1 aliphatic rings. The lowest BCUT2D eigenvalue weighted by atomic mass is 10.0. The highest BCUT2D eigenvalue weighted by Crippen LogP contribution is 2.65. The fraction of sp³-hybridized carbons (Fsp3) is 0.174. The van der Waals surface area contributed by atoms with Gasteiger partial charge < -0.3 is 5.32 Å². The van der Waals surface area contributed by atoms with Crippen LogP contribution in [-0.2, 0) is 11.2 Å². The topological polar surface area (TPSA) is 59.1 Å². The molecule has 0 bridgehead atoms. The Bertz CT molecular complexity index is 1340. The summed E-state index contributed by atoms with van der Waals surface area (Å²) < 4.78 is 25.6. The van der Waals surface area contributed by atoms with Gasteiger partial charge in [0.15, 0.2) is 5.78 Å². The van der Waals surface area contributed by atoms with Gasteiger partial charge in [0, 0.05) is 23.2 Å². The molecule has 0 spiro atoms. The second kappa shape index (κ2) is 10.0. The van der Waals surface area contributed by atoms with E-state index in [1.165, 1.54) is 30.3 Å². The lowest BCUT2D eigenvalue weighted by Gasteiger charge is -2.09. The van der Waals surface area contributed by atoms with Gasteiger partial charge in [0.2, 0.25) is 5.91 Å². The maximum Gasteiger partial charge on any atom is 0.231 e. The zero-order valence-corrected chi connectivity index (χ0v) is 21.7. The summed E-state index contributed by atoms with van der Waals surface area (Å²) in [4.78, 5) is 29.3. The minimum atomic E-state index is -1.43. The molecule has 12 heteroatoms. The van der Waals surface area contributed by atoms with E-state index in [9.17, 15) is 18.4 Å². The van der Waals surface area contributed by atoms with Gasteiger partial charge in [-0.15, -0.1) is 23.2 Å². The Balaban J connectivity index is 1.52. The first kappa shape index (κ1) is 26.4. The lowest BCUT2D eigenvalue weighted by molar-refractivity contribution is -0.117. The van der Waals surface area contributed by atoms with Crippen LogP contribution in [0.2, 0.25) is 20.1 Å². The number of hydrogen-bond acceptors (Lipinski definition) is 3. The van der Waals surface area contributed by atoms with Crippen LogP contribution in [0.1, 0.15) is 27.5 Å². The number of rotatable bonds is 6. The minimum absolute atomic E-state index is 0.0154. The molecule has 0 unspecified atom stereocenters. The van der Waals surface area contributed by atoms with E-state index in [0.717, 1.165) is 6.20 Å². The molecule has 4 rings (SSSR count). The zero-order valence-electron chi connectivity index (χ0n) is 17.2. The van der Waals surface area contributed by atoms with Crippen LogP contribution < -0.4 is 5.32 Å². The zero-order chi connectivity index (χ0) is 25.7. The Labute approximate surface area is 228 Å². The number of Topliss-reactive ketones (excluding diaryl/α,β-unsaturated/α-hetero) is 1. The molecule has 3 aromatic rings. The first-order valence-electron chi connectivity index (χ1n) is 9.86. The van der Waals surface area contributed by atoms with Crippen molar-refractivity contribution in [3.05, 3.63) is 91.1 Å². The maximum atomic E-state index is 13.9. The van der Waals surface area contributed by atoms with E-state index in [1.54, 1.807) is 0 Å². The summed E-state index contributed by atoms with van der Waals surface area (Å²) in [6, 6.07) is 7.92. The van der Waals surface area contributed by atoms with E-state index >= 15 is 0 Å². The van der Waals surface area contributed by atoms with Crippen molar-refractivity contribution >= 4 is 87.0 Å². The van der Waals surface area contributed by atoms with Crippen molar-refractivity contribution < 1.29 is 18.4 Å². The number of alkyl halides is 2. The molecule has 4 nitrogen and oxygen atoms in total. The smallest absolute Gasteiger partial charge is 0.231 e. The summed E-state index contributed by atoms with van der Waals surface area (Å²) in [7, 11) is 0. The van der Waals surface area contributed by atoms with Crippen molar-refractivity contribution in [2.24, 2.45) is 5.92 Å². The Morgan fingerprint density at radius 1 is 0.971 bits per heavy atom. The number of nitrogens with one attached hydrogen (secondary N) is 1. The minimum Gasteiger partial charge on any atom is -0.326 e. The van der Waals surface area contributed by atoms with Gasteiger partial charge in [-0.05, 0) is 35.9 Å². The van der Waals surface area contributed by atoms with Crippen molar-refractivity contribution in [1.29, 1.82) is 0 Å². The van der Waals surface area contributed by atoms with Crippen molar-refractivity contribution in [3.8, 4) is 0 Å². The average Bonchev–Trinajstić information content (AvgIpc) is 3.37. The average molecular weight is 599 g/mol. The number of carbonyl (C=O) groups excluding carboxylic acids is 2. The van der Waals surface area contributed by atoms with E-state index in [2.05, 4.69) is 10.3 Å². The van der Waals surface area contributed by atoms with Crippen LogP contribution in [0.4, 0.5) is 14.5 Å². The SMILES string of the molecule is O=C(Cc1ncc(F)cc1F)c1cc(NC(=O)[C@H]2[C@H](c3cc(Cl)c(Cl)c(Cl)c3)C2(Cl)Cl)ccc1Cl. The van der Waals surface area contributed by atoms with Gasteiger partial charge in [-0.1, -0.05) is 46.4 Å². The molecule has 0 aliphatic heterocycles. The first-order valence-corrected chi connectivity index (χ1v) is 12.1. The van der Waals surface area contributed by atoms with Gasteiger partial charge in [-0.25, -0.2) is 8.78 Å². The van der Waals surface area contributed by atoms with Gasteiger partial charge >= 0.3 is 0 Å². The molecule has 1 fully saturated rings. The molecule has 182 valence electrons. The standard InChI is InChI=1S/C23H12Cl6F2N2O2/c24-13-2-1-11(6-12(13)18(34)7-17-16(31)5-10(30)8-32-17)33-22(35)20-19(23(20,28)29)9-3-14(25)21(27)15(26)4-9/h1-6,8,19-20H,7H2,(H,33,35)/t19-,20+/m0/s1. The Kier molecular flexibility index (Phi) is 7.54. The van der Waals surface area contributed by atoms with Gasteiger partial charge in [0.1, 0.15) is 16.0 Å². The number of halogens is 8. The van der Waals surface area contributed by atoms with Crippen LogP contribution in [0.15, 0.2) is 42.6 Å². The lowest BCUT2D eigenvalue weighted by Crippen LogP contribution is -2.17. The van der Waals surface area contributed by atoms with Crippen molar-refractivity contribution in [2.45, 2.75) is 16.7 Å². The summed E-state index contributed by atoms with van der Waals surface area (Å²) in [5, 5.41) is 3.29.